The van der Waals surface area contributed by atoms with Crippen molar-refractivity contribution in [1.82, 2.24) is 15.6 Å². The third kappa shape index (κ3) is 3.57. The fraction of sp³-hybridized carbons (Fsp3) is 0.391. The average Bonchev–Trinajstić information content (AvgIpc) is 3.01. The van der Waals surface area contributed by atoms with Gasteiger partial charge in [-0.25, -0.2) is 4.79 Å². The van der Waals surface area contributed by atoms with Crippen LogP contribution in [0.25, 0.3) is 0 Å². The molecule has 0 saturated carbocycles. The Bertz CT molecular complexity index is 1100. The highest BCUT2D eigenvalue weighted by molar-refractivity contribution is 6.08. The van der Waals surface area contributed by atoms with E-state index in [-0.39, 0.29) is 6.61 Å². The third-order valence-corrected chi connectivity index (χ3v) is 6.51. The Morgan fingerprint density at radius 2 is 2.06 bits per heavy atom. The zero-order chi connectivity index (χ0) is 22.3. The molecule has 1 aromatic heterocycles. The minimum absolute atomic E-state index is 0.0411. The number of amides is 4. The molecule has 4 amide bonds. The molecule has 0 aliphatic carbocycles. The molecule has 8 nitrogen and oxygen atoms in total. The smallest absolute Gasteiger partial charge is 0.322 e. The van der Waals surface area contributed by atoms with Crippen LogP contribution in [0.4, 0.5) is 4.79 Å². The van der Waals surface area contributed by atoms with Gasteiger partial charge in [-0.3, -0.25) is 19.9 Å². The molecule has 2 aliphatic heterocycles. The number of aromatic nitrogens is 1. The molecule has 2 unspecified atom stereocenters. The minimum Gasteiger partial charge on any atom is -0.378 e. The lowest BCUT2D eigenvalue weighted by molar-refractivity contribution is -0.129. The predicted octanol–water partition coefficient (Wildman–Crippen LogP) is 1.78. The van der Waals surface area contributed by atoms with E-state index in [0.717, 1.165) is 22.4 Å². The molecule has 2 atom stereocenters. The van der Waals surface area contributed by atoms with Gasteiger partial charge < -0.3 is 15.8 Å². The number of rotatable bonds is 4. The summed E-state index contributed by atoms with van der Waals surface area (Å²) in [7, 11) is 0. The average molecular weight is 422 g/mol. The Morgan fingerprint density at radius 3 is 2.74 bits per heavy atom. The second-order valence-electron chi connectivity index (χ2n) is 8.37. The standard InChI is InChI=1S/C23H26N4O4/c1-12-10-25-14(3)13(2)17(12)8-15-4-5-16(20(24)28)18(9-15)19-6-7-31-11-23(19)21(29)26-22(30)27-23/h4-5,9-10,19H,6-8,11H2,1-3H3,(H2,24,28)(H2,26,27,29,30). The Balaban J connectivity index is 1.80. The van der Waals surface area contributed by atoms with Gasteiger partial charge in [0.2, 0.25) is 5.91 Å². The summed E-state index contributed by atoms with van der Waals surface area (Å²) in [6.45, 7) is 6.51. The maximum absolute atomic E-state index is 12.7. The first kappa shape index (κ1) is 21.0. The zero-order valence-electron chi connectivity index (χ0n) is 17.9. The number of nitrogens with zero attached hydrogens (tertiary/aromatic N) is 1. The van der Waals surface area contributed by atoms with Gasteiger partial charge in [-0.15, -0.1) is 0 Å². The first-order chi connectivity index (χ1) is 14.7. The maximum atomic E-state index is 12.7. The van der Waals surface area contributed by atoms with Crippen molar-refractivity contribution in [2.45, 2.75) is 45.1 Å². The minimum atomic E-state index is -1.25. The Kier molecular flexibility index (Phi) is 5.26. The Morgan fingerprint density at radius 1 is 1.29 bits per heavy atom. The molecule has 1 spiro atoms. The van der Waals surface area contributed by atoms with Crippen LogP contribution in [0.2, 0.25) is 0 Å². The van der Waals surface area contributed by atoms with Gasteiger partial charge in [0.25, 0.3) is 5.91 Å². The van der Waals surface area contributed by atoms with Gasteiger partial charge in [0.05, 0.1) is 6.61 Å². The monoisotopic (exact) mass is 422 g/mol. The Hall–Kier alpha value is -3.26. The van der Waals surface area contributed by atoms with E-state index >= 15 is 0 Å². The van der Waals surface area contributed by atoms with Crippen molar-refractivity contribution in [3.8, 4) is 0 Å². The van der Waals surface area contributed by atoms with Gasteiger partial charge in [0.15, 0.2) is 5.54 Å². The molecular weight excluding hydrogens is 396 g/mol. The number of aryl methyl sites for hydroxylation is 2. The fourth-order valence-electron chi connectivity index (χ4n) is 4.65. The molecule has 0 bridgehead atoms. The molecule has 31 heavy (non-hydrogen) atoms. The summed E-state index contributed by atoms with van der Waals surface area (Å²) in [6, 6.07) is 4.97. The number of carbonyl (C=O) groups excluding carboxylic acids is 3. The van der Waals surface area contributed by atoms with Crippen LogP contribution >= 0.6 is 0 Å². The van der Waals surface area contributed by atoms with Crippen LogP contribution in [0.3, 0.4) is 0 Å². The van der Waals surface area contributed by atoms with Crippen LogP contribution < -0.4 is 16.4 Å². The summed E-state index contributed by atoms with van der Waals surface area (Å²) in [5.41, 5.74) is 10.8. The molecular formula is C23H26N4O4. The van der Waals surface area contributed by atoms with E-state index < -0.39 is 29.3 Å². The van der Waals surface area contributed by atoms with Gasteiger partial charge in [-0.2, -0.15) is 0 Å². The molecule has 4 rings (SSSR count). The quantitative estimate of drug-likeness (QED) is 0.648. The molecule has 162 valence electrons. The lowest BCUT2D eigenvalue weighted by Crippen LogP contribution is -2.58. The molecule has 2 aliphatic rings. The highest BCUT2D eigenvalue weighted by Gasteiger charge is 2.54. The second-order valence-corrected chi connectivity index (χ2v) is 8.37. The van der Waals surface area contributed by atoms with E-state index in [1.807, 2.05) is 32.2 Å². The third-order valence-electron chi connectivity index (χ3n) is 6.51. The van der Waals surface area contributed by atoms with Crippen molar-refractivity contribution in [1.29, 1.82) is 0 Å². The number of benzene rings is 1. The van der Waals surface area contributed by atoms with Gasteiger partial charge in [0.1, 0.15) is 0 Å². The van der Waals surface area contributed by atoms with E-state index in [4.69, 9.17) is 10.5 Å². The van der Waals surface area contributed by atoms with Crippen molar-refractivity contribution in [2.75, 3.05) is 13.2 Å². The van der Waals surface area contributed by atoms with Gasteiger partial charge in [-0.1, -0.05) is 12.1 Å². The number of primary amides is 1. The lowest BCUT2D eigenvalue weighted by atomic mass is 9.74. The first-order valence-electron chi connectivity index (χ1n) is 10.3. The zero-order valence-corrected chi connectivity index (χ0v) is 17.9. The molecule has 4 N–H and O–H groups in total. The van der Waals surface area contributed by atoms with Crippen molar-refractivity contribution in [2.24, 2.45) is 5.73 Å². The van der Waals surface area contributed by atoms with Gasteiger partial charge >= 0.3 is 6.03 Å². The highest BCUT2D eigenvalue weighted by Crippen LogP contribution is 2.39. The molecule has 2 aromatic rings. The van der Waals surface area contributed by atoms with E-state index in [9.17, 15) is 14.4 Å². The van der Waals surface area contributed by atoms with Crippen molar-refractivity contribution in [3.05, 3.63) is 63.5 Å². The fourth-order valence-corrected chi connectivity index (χ4v) is 4.65. The molecule has 3 heterocycles. The number of nitrogens with two attached hydrogens (primary N) is 1. The van der Waals surface area contributed by atoms with Crippen LogP contribution in [0.5, 0.6) is 0 Å². The van der Waals surface area contributed by atoms with Gasteiger partial charge in [0, 0.05) is 30.0 Å². The normalized spacial score (nSPS) is 23.0. The summed E-state index contributed by atoms with van der Waals surface area (Å²) in [5, 5.41) is 5.05. The summed E-state index contributed by atoms with van der Waals surface area (Å²) >= 11 is 0. The molecule has 2 saturated heterocycles. The van der Waals surface area contributed by atoms with Crippen molar-refractivity contribution in [3.63, 3.8) is 0 Å². The molecule has 1 aromatic carbocycles. The summed E-state index contributed by atoms with van der Waals surface area (Å²) in [4.78, 5) is 41.3. The molecule has 0 radical (unpaired) electrons. The predicted molar refractivity (Wildman–Crippen MR) is 114 cm³/mol. The number of carbonyl (C=O) groups is 3. The number of ether oxygens (including phenoxy) is 1. The topological polar surface area (TPSA) is 123 Å². The first-order valence-corrected chi connectivity index (χ1v) is 10.3. The number of hydrogen-bond donors (Lipinski definition) is 3. The van der Waals surface area contributed by atoms with Crippen molar-refractivity contribution >= 4 is 17.8 Å². The van der Waals surface area contributed by atoms with Crippen LogP contribution in [-0.2, 0) is 16.0 Å². The van der Waals surface area contributed by atoms with Crippen LogP contribution in [0.1, 0.15) is 56.2 Å². The van der Waals surface area contributed by atoms with E-state index in [1.54, 1.807) is 6.07 Å². The van der Waals surface area contributed by atoms with Crippen LogP contribution in [-0.4, -0.2) is 41.6 Å². The van der Waals surface area contributed by atoms with E-state index in [2.05, 4.69) is 22.5 Å². The number of urea groups is 1. The largest absolute Gasteiger partial charge is 0.378 e. The highest BCUT2D eigenvalue weighted by atomic mass is 16.5. The lowest BCUT2D eigenvalue weighted by Gasteiger charge is -2.39. The maximum Gasteiger partial charge on any atom is 0.322 e. The van der Waals surface area contributed by atoms with E-state index in [1.165, 1.54) is 5.56 Å². The van der Waals surface area contributed by atoms with E-state index in [0.29, 0.717) is 30.6 Å². The molecule has 8 heteroatoms. The second kappa shape index (κ2) is 7.77. The number of nitrogens with one attached hydrogen (secondary N) is 2. The number of hydrogen-bond acceptors (Lipinski definition) is 5. The molecule has 2 fully saturated rings. The van der Waals surface area contributed by atoms with Gasteiger partial charge in [-0.05, 0) is 67.5 Å². The van der Waals surface area contributed by atoms with Crippen LogP contribution in [0.15, 0.2) is 24.4 Å². The Labute approximate surface area is 180 Å². The number of pyridine rings is 1. The summed E-state index contributed by atoms with van der Waals surface area (Å²) in [6.07, 6.45) is 2.99. The van der Waals surface area contributed by atoms with Crippen molar-refractivity contribution < 1.29 is 19.1 Å². The summed E-state index contributed by atoms with van der Waals surface area (Å²) < 4.78 is 5.55. The van der Waals surface area contributed by atoms with Crippen LogP contribution in [0, 0.1) is 20.8 Å². The SMILES string of the molecule is Cc1cnc(C)c(C)c1Cc1ccc(C(N)=O)c(C2CCOCC23NC(=O)NC3=O)c1. The number of imide groups is 1. The summed E-state index contributed by atoms with van der Waals surface area (Å²) in [5.74, 6) is -1.45.